The molecular formula is C13H23N3O5. The molecule has 1 saturated heterocycles. The number of rotatable bonds is 5. The number of morpholine rings is 1. The predicted molar refractivity (Wildman–Crippen MR) is 74.9 cm³/mol. The fourth-order valence-electron chi connectivity index (χ4n) is 1.90. The van der Waals surface area contributed by atoms with Crippen molar-refractivity contribution in [2.75, 3.05) is 26.3 Å². The number of hydrogen-bond donors (Lipinski definition) is 3. The Morgan fingerprint density at radius 3 is 2.38 bits per heavy atom. The average molecular weight is 301 g/mol. The Labute approximate surface area is 123 Å². The largest absolute Gasteiger partial charge is 0.480 e. The summed E-state index contributed by atoms with van der Waals surface area (Å²) in [5, 5.41) is 14.0. The van der Waals surface area contributed by atoms with Crippen molar-refractivity contribution >= 4 is 17.9 Å². The molecule has 2 unspecified atom stereocenters. The highest BCUT2D eigenvalue weighted by molar-refractivity contribution is 5.89. The number of carbonyl (C=O) groups is 3. The second kappa shape index (κ2) is 7.26. The van der Waals surface area contributed by atoms with Crippen LogP contribution < -0.4 is 10.6 Å². The van der Waals surface area contributed by atoms with Gasteiger partial charge >= 0.3 is 12.0 Å². The minimum absolute atomic E-state index is 0.207. The lowest BCUT2D eigenvalue weighted by Crippen LogP contribution is -2.58. The molecular weight excluding hydrogens is 278 g/mol. The van der Waals surface area contributed by atoms with Crippen LogP contribution in [0.3, 0.4) is 0 Å². The molecule has 120 valence electrons. The molecule has 1 aliphatic heterocycles. The van der Waals surface area contributed by atoms with Gasteiger partial charge in [-0.25, -0.2) is 9.59 Å². The molecule has 0 radical (unpaired) electrons. The zero-order valence-corrected chi connectivity index (χ0v) is 12.6. The summed E-state index contributed by atoms with van der Waals surface area (Å²) in [4.78, 5) is 36.7. The summed E-state index contributed by atoms with van der Waals surface area (Å²) in [7, 11) is 0. The second-order valence-electron chi connectivity index (χ2n) is 5.25. The van der Waals surface area contributed by atoms with E-state index in [1.165, 1.54) is 6.92 Å². The highest BCUT2D eigenvalue weighted by atomic mass is 16.5. The van der Waals surface area contributed by atoms with Crippen molar-refractivity contribution in [1.29, 1.82) is 0 Å². The van der Waals surface area contributed by atoms with E-state index in [9.17, 15) is 14.4 Å². The Kier molecular flexibility index (Phi) is 5.95. The Bertz CT molecular complexity index is 409. The van der Waals surface area contributed by atoms with Crippen molar-refractivity contribution in [1.82, 2.24) is 15.5 Å². The van der Waals surface area contributed by atoms with Crippen LogP contribution in [-0.2, 0) is 14.3 Å². The molecule has 0 aliphatic carbocycles. The molecule has 21 heavy (non-hydrogen) atoms. The van der Waals surface area contributed by atoms with Crippen LogP contribution in [0.2, 0.25) is 0 Å². The topological polar surface area (TPSA) is 108 Å². The number of hydrogen-bond acceptors (Lipinski definition) is 4. The third-order valence-corrected chi connectivity index (χ3v) is 3.61. The first-order valence-corrected chi connectivity index (χ1v) is 6.98. The number of amides is 3. The molecule has 3 amide bonds. The van der Waals surface area contributed by atoms with Crippen LogP contribution in [0, 0.1) is 0 Å². The van der Waals surface area contributed by atoms with E-state index in [-0.39, 0.29) is 12.3 Å². The summed E-state index contributed by atoms with van der Waals surface area (Å²) >= 11 is 0. The Balaban J connectivity index is 2.53. The second-order valence-corrected chi connectivity index (χ2v) is 5.25. The summed E-state index contributed by atoms with van der Waals surface area (Å²) in [5.41, 5.74) is -1.36. The summed E-state index contributed by atoms with van der Waals surface area (Å²) in [6.07, 6.45) is 0.238. The maximum atomic E-state index is 12.1. The molecule has 1 fully saturated rings. The normalized spacial score (nSPS) is 19.3. The lowest BCUT2D eigenvalue weighted by Gasteiger charge is -2.30. The van der Waals surface area contributed by atoms with E-state index >= 15 is 0 Å². The van der Waals surface area contributed by atoms with Crippen molar-refractivity contribution in [3.8, 4) is 0 Å². The van der Waals surface area contributed by atoms with Crippen molar-refractivity contribution in [2.45, 2.75) is 38.8 Å². The summed E-state index contributed by atoms with van der Waals surface area (Å²) in [5.74, 6) is -1.32. The molecule has 0 aromatic carbocycles. The molecule has 1 heterocycles. The van der Waals surface area contributed by atoms with Crippen LogP contribution in [0.15, 0.2) is 0 Å². The highest BCUT2D eigenvalue weighted by Gasteiger charge is 2.33. The van der Waals surface area contributed by atoms with Gasteiger partial charge in [0, 0.05) is 13.1 Å². The van der Waals surface area contributed by atoms with E-state index in [0.717, 1.165) is 0 Å². The average Bonchev–Trinajstić information content (AvgIpc) is 2.46. The van der Waals surface area contributed by atoms with Crippen LogP contribution in [0.1, 0.15) is 27.2 Å². The van der Waals surface area contributed by atoms with Gasteiger partial charge in [0.2, 0.25) is 5.91 Å². The van der Waals surface area contributed by atoms with Gasteiger partial charge in [-0.3, -0.25) is 4.79 Å². The van der Waals surface area contributed by atoms with Crippen molar-refractivity contribution < 1.29 is 24.2 Å². The SMILES string of the molecule is CCC(C)(NC(=O)NC(C)C(=O)N1CCOCC1)C(=O)O. The van der Waals surface area contributed by atoms with Gasteiger partial charge in [0.05, 0.1) is 13.2 Å². The van der Waals surface area contributed by atoms with Gasteiger partial charge in [-0.2, -0.15) is 0 Å². The smallest absolute Gasteiger partial charge is 0.329 e. The van der Waals surface area contributed by atoms with Crippen LogP contribution >= 0.6 is 0 Å². The molecule has 0 aromatic heterocycles. The Morgan fingerprint density at radius 2 is 1.90 bits per heavy atom. The highest BCUT2D eigenvalue weighted by Crippen LogP contribution is 2.09. The number of carbonyl (C=O) groups excluding carboxylic acids is 2. The number of carboxylic acids is 1. The fraction of sp³-hybridized carbons (Fsp3) is 0.769. The maximum Gasteiger partial charge on any atom is 0.329 e. The lowest BCUT2D eigenvalue weighted by atomic mass is 10.00. The van der Waals surface area contributed by atoms with Crippen molar-refractivity contribution in [3.63, 3.8) is 0 Å². The summed E-state index contributed by atoms with van der Waals surface area (Å²) in [6.45, 7) is 6.61. The van der Waals surface area contributed by atoms with Gasteiger partial charge in [0.1, 0.15) is 11.6 Å². The van der Waals surface area contributed by atoms with Crippen LogP contribution in [-0.4, -0.2) is 65.8 Å². The van der Waals surface area contributed by atoms with E-state index < -0.39 is 23.6 Å². The van der Waals surface area contributed by atoms with Crippen LogP contribution in [0.4, 0.5) is 4.79 Å². The number of nitrogens with one attached hydrogen (secondary N) is 2. The molecule has 2 atom stereocenters. The number of urea groups is 1. The van der Waals surface area contributed by atoms with E-state index in [2.05, 4.69) is 10.6 Å². The number of aliphatic carboxylic acids is 1. The predicted octanol–water partition coefficient (Wildman–Crippen LogP) is -0.214. The van der Waals surface area contributed by atoms with Gasteiger partial charge < -0.3 is 25.4 Å². The van der Waals surface area contributed by atoms with Crippen LogP contribution in [0.25, 0.3) is 0 Å². The minimum atomic E-state index is -1.36. The van der Waals surface area contributed by atoms with Gasteiger partial charge in [-0.05, 0) is 20.3 Å². The number of ether oxygens (including phenoxy) is 1. The van der Waals surface area contributed by atoms with E-state index in [0.29, 0.717) is 26.3 Å². The Morgan fingerprint density at radius 1 is 1.33 bits per heavy atom. The van der Waals surface area contributed by atoms with Gasteiger partial charge in [0.25, 0.3) is 0 Å². The molecule has 0 bridgehead atoms. The molecule has 8 heteroatoms. The molecule has 8 nitrogen and oxygen atoms in total. The third-order valence-electron chi connectivity index (χ3n) is 3.61. The number of nitrogens with zero attached hydrogens (tertiary/aromatic N) is 1. The lowest BCUT2D eigenvalue weighted by molar-refractivity contribution is -0.143. The molecule has 0 spiro atoms. The first-order chi connectivity index (χ1) is 9.80. The zero-order valence-electron chi connectivity index (χ0n) is 12.6. The standard InChI is InChI=1S/C13H23N3O5/c1-4-13(3,11(18)19)15-12(20)14-9(2)10(17)16-5-7-21-8-6-16/h9H,4-8H2,1-3H3,(H,18,19)(H2,14,15,20). The maximum absolute atomic E-state index is 12.1. The summed E-state index contributed by atoms with van der Waals surface area (Å²) < 4.78 is 5.16. The first kappa shape index (κ1) is 17.2. The van der Waals surface area contributed by atoms with Gasteiger partial charge in [-0.1, -0.05) is 6.92 Å². The first-order valence-electron chi connectivity index (χ1n) is 6.98. The quantitative estimate of drug-likeness (QED) is 0.651. The van der Waals surface area contributed by atoms with Gasteiger partial charge in [-0.15, -0.1) is 0 Å². The van der Waals surface area contributed by atoms with E-state index in [1.54, 1.807) is 18.7 Å². The van der Waals surface area contributed by atoms with E-state index in [4.69, 9.17) is 9.84 Å². The molecule has 0 aromatic rings. The fourth-order valence-corrected chi connectivity index (χ4v) is 1.90. The molecule has 1 rings (SSSR count). The molecule has 0 saturated carbocycles. The minimum Gasteiger partial charge on any atom is -0.480 e. The molecule has 1 aliphatic rings. The number of carboxylic acid groups (broad SMARTS) is 1. The summed E-state index contributed by atoms with van der Waals surface area (Å²) in [6, 6.07) is -1.39. The third kappa shape index (κ3) is 4.59. The Hall–Kier alpha value is -1.83. The van der Waals surface area contributed by atoms with Crippen molar-refractivity contribution in [3.05, 3.63) is 0 Å². The van der Waals surface area contributed by atoms with Crippen LogP contribution in [0.5, 0.6) is 0 Å². The van der Waals surface area contributed by atoms with Gasteiger partial charge in [0.15, 0.2) is 0 Å². The molecule has 3 N–H and O–H groups in total. The van der Waals surface area contributed by atoms with E-state index in [1.807, 2.05) is 0 Å². The monoisotopic (exact) mass is 301 g/mol. The van der Waals surface area contributed by atoms with Crippen molar-refractivity contribution in [2.24, 2.45) is 0 Å². The zero-order chi connectivity index (χ0) is 16.0.